The highest BCUT2D eigenvalue weighted by molar-refractivity contribution is 9.10. The minimum atomic E-state index is 0.00789. The van der Waals surface area contributed by atoms with E-state index in [0.29, 0.717) is 60.2 Å². The Balaban J connectivity index is 0.000000191. The molecule has 258 valence electrons. The highest BCUT2D eigenvalue weighted by atomic mass is 79.9. The van der Waals surface area contributed by atoms with E-state index in [9.17, 15) is 10.4 Å². The molecule has 49 heavy (non-hydrogen) atoms. The van der Waals surface area contributed by atoms with E-state index in [1.165, 1.54) is 54.3 Å². The number of aryl methyl sites for hydroxylation is 1. The average Bonchev–Trinajstić information content (AvgIpc) is 3.66. The molecule has 0 spiro atoms. The smallest absolute Gasteiger partial charge is 0.259 e. The zero-order valence-electron chi connectivity index (χ0n) is 27.0. The van der Waals surface area contributed by atoms with Crippen molar-refractivity contribution in [3.8, 4) is 28.7 Å². The molecule has 0 aliphatic rings. The highest BCUT2D eigenvalue weighted by Gasteiger charge is 2.27. The van der Waals surface area contributed by atoms with E-state index in [-0.39, 0.29) is 47.3 Å². The number of nitrogens with zero attached hydrogens (tertiary/aromatic N) is 10. The molecule has 0 aromatic carbocycles. The fourth-order valence-corrected chi connectivity index (χ4v) is 5.69. The van der Waals surface area contributed by atoms with Gasteiger partial charge in [-0.25, -0.2) is 15.0 Å². The van der Waals surface area contributed by atoms with Crippen LogP contribution in [0.15, 0.2) is 29.7 Å². The van der Waals surface area contributed by atoms with E-state index in [1.807, 2.05) is 0 Å². The SMILES string of the molecule is COc1c(C)c[n+]([O-])c(Cn2cnc3c(Br)nc(N)nc32)c1OC.COc1c[n+]([O-])c(Cn2cnc3c(Cl)nc(N)nc32)c(OC)c1OC. The lowest BCUT2D eigenvalue weighted by Gasteiger charge is -2.15. The Bertz CT molecular complexity index is 2180. The molecule has 21 heteroatoms. The van der Waals surface area contributed by atoms with Gasteiger partial charge in [-0.1, -0.05) is 11.6 Å². The van der Waals surface area contributed by atoms with Crippen LogP contribution in [0.1, 0.15) is 17.0 Å². The summed E-state index contributed by atoms with van der Waals surface area (Å²) in [5.74, 6) is 1.81. The fourth-order valence-electron chi connectivity index (χ4n) is 5.01. The number of hydrogen-bond donors (Lipinski definition) is 2. The number of ether oxygens (including phenoxy) is 5. The van der Waals surface area contributed by atoms with E-state index in [0.717, 1.165) is 4.73 Å². The summed E-state index contributed by atoms with van der Waals surface area (Å²) in [5.41, 5.74) is 14.5. The minimum absolute atomic E-state index is 0.00789. The number of fused-ring (bicyclic) bond motifs is 2. The first-order valence-electron chi connectivity index (χ1n) is 14.0. The number of pyridine rings is 2. The predicted molar refractivity (Wildman–Crippen MR) is 179 cm³/mol. The van der Waals surface area contributed by atoms with E-state index >= 15 is 0 Å². The first-order chi connectivity index (χ1) is 23.4. The number of nitrogen functional groups attached to an aromatic ring is 2. The summed E-state index contributed by atoms with van der Waals surface area (Å²) < 4.78 is 31.7. The molecule has 0 aliphatic carbocycles. The lowest BCUT2D eigenvalue weighted by molar-refractivity contribution is -0.615. The molecule has 0 saturated carbocycles. The molecule has 0 radical (unpaired) electrons. The quantitative estimate of drug-likeness (QED) is 0.122. The van der Waals surface area contributed by atoms with Crippen molar-refractivity contribution >= 4 is 61.8 Å². The Morgan fingerprint density at radius 3 is 1.76 bits per heavy atom. The van der Waals surface area contributed by atoms with E-state index in [2.05, 4.69) is 45.8 Å². The van der Waals surface area contributed by atoms with E-state index < -0.39 is 0 Å². The fraction of sp³-hybridized carbons (Fsp3) is 0.286. The minimum Gasteiger partial charge on any atom is -0.618 e. The van der Waals surface area contributed by atoms with Crippen molar-refractivity contribution in [3.05, 3.63) is 62.2 Å². The number of nitrogens with two attached hydrogens (primary N) is 2. The summed E-state index contributed by atoms with van der Waals surface area (Å²) in [6, 6.07) is 0. The number of hydrogen-bond acceptors (Lipinski definition) is 15. The molecular weight excluding hydrogens is 732 g/mol. The Labute approximate surface area is 291 Å². The molecule has 6 aromatic rings. The zero-order valence-corrected chi connectivity index (χ0v) is 29.3. The van der Waals surface area contributed by atoms with Crippen LogP contribution in [0.25, 0.3) is 22.3 Å². The van der Waals surface area contributed by atoms with Crippen molar-refractivity contribution in [2.24, 2.45) is 0 Å². The maximum absolute atomic E-state index is 12.4. The molecular formula is C28H30BrClN12O7. The van der Waals surface area contributed by atoms with Gasteiger partial charge in [0, 0.05) is 0 Å². The van der Waals surface area contributed by atoms with Gasteiger partial charge < -0.3 is 54.7 Å². The number of rotatable bonds is 9. The summed E-state index contributed by atoms with van der Waals surface area (Å²) in [4.78, 5) is 24.6. The molecule has 4 N–H and O–H groups in total. The van der Waals surface area contributed by atoms with Gasteiger partial charge in [-0.15, -0.1) is 0 Å². The topological polar surface area (TPSA) is 239 Å². The van der Waals surface area contributed by atoms with Crippen LogP contribution in [0, 0.1) is 17.3 Å². The lowest BCUT2D eigenvalue weighted by atomic mass is 10.2. The number of methoxy groups -OCH3 is 5. The van der Waals surface area contributed by atoms with Crippen LogP contribution in [-0.2, 0) is 13.1 Å². The van der Waals surface area contributed by atoms with Gasteiger partial charge in [-0.2, -0.15) is 24.4 Å². The summed E-state index contributed by atoms with van der Waals surface area (Å²) in [6.07, 6.45) is 5.75. The molecule has 19 nitrogen and oxygen atoms in total. The molecule has 0 atom stereocenters. The van der Waals surface area contributed by atoms with Crippen LogP contribution < -0.4 is 44.6 Å². The van der Waals surface area contributed by atoms with Crippen LogP contribution in [0.5, 0.6) is 28.7 Å². The number of halogens is 2. The molecule has 0 bridgehead atoms. The average molecular weight is 762 g/mol. The normalized spacial score (nSPS) is 10.9. The van der Waals surface area contributed by atoms with Gasteiger partial charge in [-0.3, -0.25) is 0 Å². The molecule has 0 saturated heterocycles. The van der Waals surface area contributed by atoms with Crippen LogP contribution in [-0.4, -0.2) is 74.6 Å². The molecule has 0 unspecified atom stereocenters. The molecule has 6 aromatic heterocycles. The third-order valence-corrected chi connectivity index (χ3v) is 7.97. The van der Waals surface area contributed by atoms with Crippen LogP contribution in [0.4, 0.5) is 11.9 Å². The lowest BCUT2D eigenvalue weighted by Crippen LogP contribution is -2.34. The summed E-state index contributed by atoms with van der Waals surface area (Å²) in [7, 11) is 7.34. The second-order valence-electron chi connectivity index (χ2n) is 10.0. The van der Waals surface area contributed by atoms with Gasteiger partial charge in [0.25, 0.3) is 11.4 Å². The molecule has 0 aliphatic heterocycles. The van der Waals surface area contributed by atoms with Gasteiger partial charge in [0.15, 0.2) is 28.4 Å². The highest BCUT2D eigenvalue weighted by Crippen LogP contribution is 2.38. The molecule has 6 heterocycles. The van der Waals surface area contributed by atoms with Gasteiger partial charge >= 0.3 is 0 Å². The van der Waals surface area contributed by atoms with Crippen LogP contribution >= 0.6 is 27.5 Å². The van der Waals surface area contributed by atoms with E-state index in [1.54, 1.807) is 22.4 Å². The van der Waals surface area contributed by atoms with Crippen LogP contribution in [0.2, 0.25) is 5.15 Å². The van der Waals surface area contributed by atoms with Crippen molar-refractivity contribution in [3.63, 3.8) is 0 Å². The Morgan fingerprint density at radius 2 is 1.20 bits per heavy atom. The summed E-state index contributed by atoms with van der Waals surface area (Å²) in [5, 5.41) is 24.9. The van der Waals surface area contributed by atoms with Crippen LogP contribution in [0.3, 0.4) is 0 Å². The number of aromatic nitrogens is 10. The third kappa shape index (κ3) is 6.59. The van der Waals surface area contributed by atoms with E-state index in [4.69, 9.17) is 46.8 Å². The summed E-state index contributed by atoms with van der Waals surface area (Å²) in [6.45, 7) is 2.05. The largest absolute Gasteiger partial charge is 0.618 e. The first kappa shape index (κ1) is 34.7. The molecule has 6 rings (SSSR count). The second-order valence-corrected chi connectivity index (χ2v) is 11.1. The number of anilines is 2. The van der Waals surface area contributed by atoms with Gasteiger partial charge in [0.2, 0.25) is 41.1 Å². The third-order valence-electron chi connectivity index (χ3n) is 7.15. The maximum atomic E-state index is 12.4. The molecule has 0 fully saturated rings. The summed E-state index contributed by atoms with van der Waals surface area (Å²) >= 11 is 9.32. The molecule has 0 amide bonds. The Hall–Kier alpha value is -5.63. The van der Waals surface area contributed by atoms with Crippen molar-refractivity contribution in [2.75, 3.05) is 47.0 Å². The van der Waals surface area contributed by atoms with Gasteiger partial charge in [0.1, 0.15) is 28.7 Å². The second kappa shape index (κ2) is 14.2. The van der Waals surface area contributed by atoms with Crippen molar-refractivity contribution in [2.45, 2.75) is 20.0 Å². The van der Waals surface area contributed by atoms with Gasteiger partial charge in [-0.05, 0) is 22.9 Å². The zero-order chi connectivity index (χ0) is 35.6. The first-order valence-corrected chi connectivity index (χ1v) is 15.1. The number of imidazole rings is 2. The van der Waals surface area contributed by atoms with Gasteiger partial charge in [0.05, 0.1) is 53.8 Å². The monoisotopic (exact) mass is 760 g/mol. The Kier molecular flexibility index (Phi) is 10.1. The maximum Gasteiger partial charge on any atom is 0.259 e. The van der Waals surface area contributed by atoms with Crippen molar-refractivity contribution in [1.29, 1.82) is 0 Å². The predicted octanol–water partition coefficient (Wildman–Crippen LogP) is 1.95. The Morgan fingerprint density at radius 1 is 0.714 bits per heavy atom. The standard InChI is InChI=1S/C14H15BrN6O3.C14H15ClN6O4/c1-7-4-21(22)8(11(24-3)10(7)23-2)5-20-6-17-9-12(15)18-14(16)19-13(9)20;1-23-8-5-21(22)7(10(24-2)11(8)25-3)4-20-6-17-9-12(15)18-14(16)19-13(9)20/h4,6H,5H2,1-3H3,(H2,16,18,19);5-6H,4H2,1-3H3,(H2,16,18,19). The van der Waals surface area contributed by atoms with Crippen molar-refractivity contribution < 1.29 is 33.1 Å². The van der Waals surface area contributed by atoms with Crippen molar-refractivity contribution in [1.82, 2.24) is 39.0 Å².